The van der Waals surface area contributed by atoms with Crippen molar-refractivity contribution >= 4 is 23.5 Å². The van der Waals surface area contributed by atoms with Crippen LogP contribution in [0.25, 0.3) is 0 Å². The second-order valence-corrected chi connectivity index (χ2v) is 4.94. The predicted molar refractivity (Wildman–Crippen MR) is 61.6 cm³/mol. The lowest BCUT2D eigenvalue weighted by Crippen LogP contribution is -2.24. The topological polar surface area (TPSA) is 50.4 Å². The molecule has 3 N–H and O–H groups in total. The predicted octanol–water partition coefficient (Wildman–Crippen LogP) is 1.88. The van der Waals surface area contributed by atoms with Gasteiger partial charge in [0.25, 0.3) is 0 Å². The van der Waals surface area contributed by atoms with E-state index in [4.69, 9.17) is 5.73 Å². The monoisotopic (exact) mass is 201 g/mol. The van der Waals surface area contributed by atoms with Crippen molar-refractivity contribution in [3.63, 3.8) is 0 Å². The van der Waals surface area contributed by atoms with Crippen LogP contribution >= 0.6 is 12.2 Å². The fraction of sp³-hybridized carbons (Fsp3) is 0.778. The zero-order valence-electron chi connectivity index (χ0n) is 8.79. The van der Waals surface area contributed by atoms with E-state index in [0.29, 0.717) is 11.3 Å². The zero-order valence-corrected chi connectivity index (χ0v) is 9.61. The molecule has 3 nitrogen and oxygen atoms in total. The van der Waals surface area contributed by atoms with Crippen molar-refractivity contribution in [1.82, 2.24) is 5.43 Å². The first-order valence-electron chi connectivity index (χ1n) is 4.40. The third kappa shape index (κ3) is 9.27. The van der Waals surface area contributed by atoms with Gasteiger partial charge in [0.15, 0.2) is 5.11 Å². The van der Waals surface area contributed by atoms with Gasteiger partial charge in [-0.15, -0.1) is 0 Å². The molecule has 0 aromatic carbocycles. The summed E-state index contributed by atoms with van der Waals surface area (Å²) in [5.74, 6) is 0.432. The molecule has 1 atom stereocenters. The number of nitrogens with zero attached hydrogens (tertiary/aromatic N) is 1. The van der Waals surface area contributed by atoms with Crippen LogP contribution in [0.4, 0.5) is 0 Å². The first-order chi connectivity index (χ1) is 5.81. The highest BCUT2D eigenvalue weighted by Gasteiger charge is 2.13. The lowest BCUT2D eigenvalue weighted by atomic mass is 9.86. The summed E-state index contributed by atoms with van der Waals surface area (Å²) < 4.78 is 0. The van der Waals surface area contributed by atoms with Crippen molar-refractivity contribution in [1.29, 1.82) is 0 Å². The number of hydrogen-bond donors (Lipinski definition) is 2. The second kappa shape index (κ2) is 5.17. The van der Waals surface area contributed by atoms with Crippen LogP contribution in [0.1, 0.15) is 34.1 Å². The molecule has 0 fully saturated rings. The largest absolute Gasteiger partial charge is 0.375 e. The maximum atomic E-state index is 5.21. The van der Waals surface area contributed by atoms with E-state index in [1.807, 2.05) is 6.21 Å². The Morgan fingerprint density at radius 1 is 1.62 bits per heavy atom. The number of hydrogen-bond acceptors (Lipinski definition) is 2. The van der Waals surface area contributed by atoms with Gasteiger partial charge in [0, 0.05) is 6.21 Å². The maximum absolute atomic E-state index is 5.21. The van der Waals surface area contributed by atoms with Gasteiger partial charge in [-0.25, -0.2) is 0 Å². The molecule has 4 heteroatoms. The molecule has 0 saturated carbocycles. The van der Waals surface area contributed by atoms with Gasteiger partial charge in [0.2, 0.25) is 0 Å². The summed E-state index contributed by atoms with van der Waals surface area (Å²) in [6.07, 6.45) is 2.93. The Kier molecular flexibility index (Phi) is 4.91. The smallest absolute Gasteiger partial charge is 0.184 e. The van der Waals surface area contributed by atoms with E-state index >= 15 is 0 Å². The van der Waals surface area contributed by atoms with E-state index in [9.17, 15) is 0 Å². The first-order valence-corrected chi connectivity index (χ1v) is 4.81. The lowest BCUT2D eigenvalue weighted by molar-refractivity contribution is 0.348. The zero-order chi connectivity index (χ0) is 10.5. The number of thiocarbonyl (C=S) groups is 1. The van der Waals surface area contributed by atoms with Gasteiger partial charge in [0.1, 0.15) is 0 Å². The third-order valence-corrected chi connectivity index (χ3v) is 1.53. The molecule has 0 saturated heterocycles. The van der Waals surface area contributed by atoms with Gasteiger partial charge >= 0.3 is 0 Å². The summed E-state index contributed by atoms with van der Waals surface area (Å²) in [6.45, 7) is 8.74. The highest BCUT2D eigenvalue weighted by Crippen LogP contribution is 2.22. The lowest BCUT2D eigenvalue weighted by Gasteiger charge is -2.20. The van der Waals surface area contributed by atoms with Crippen molar-refractivity contribution in [2.75, 3.05) is 0 Å². The Hall–Kier alpha value is -0.640. The van der Waals surface area contributed by atoms with Gasteiger partial charge in [-0.3, -0.25) is 5.43 Å². The van der Waals surface area contributed by atoms with Gasteiger partial charge in [-0.05, 0) is 30.0 Å². The van der Waals surface area contributed by atoms with E-state index in [1.54, 1.807) is 0 Å². The summed E-state index contributed by atoms with van der Waals surface area (Å²) in [7, 11) is 0. The summed E-state index contributed by atoms with van der Waals surface area (Å²) in [4.78, 5) is 0. The molecule has 13 heavy (non-hydrogen) atoms. The highest BCUT2D eigenvalue weighted by molar-refractivity contribution is 7.80. The fourth-order valence-corrected chi connectivity index (χ4v) is 1.30. The fourth-order valence-electron chi connectivity index (χ4n) is 1.25. The molecular weight excluding hydrogens is 182 g/mol. The maximum Gasteiger partial charge on any atom is 0.184 e. The molecule has 0 aliphatic rings. The van der Waals surface area contributed by atoms with E-state index < -0.39 is 0 Å². The number of rotatable bonds is 3. The minimum Gasteiger partial charge on any atom is -0.375 e. The minimum absolute atomic E-state index is 0.208. The molecule has 0 spiro atoms. The van der Waals surface area contributed by atoms with Crippen LogP contribution in [-0.2, 0) is 0 Å². The summed E-state index contributed by atoms with van der Waals surface area (Å²) >= 11 is 4.61. The highest BCUT2D eigenvalue weighted by atomic mass is 32.1. The molecule has 0 aliphatic carbocycles. The van der Waals surface area contributed by atoms with Gasteiger partial charge in [-0.1, -0.05) is 27.7 Å². The van der Waals surface area contributed by atoms with Crippen LogP contribution in [-0.4, -0.2) is 11.3 Å². The van der Waals surface area contributed by atoms with Crippen molar-refractivity contribution in [2.45, 2.75) is 34.1 Å². The molecule has 0 bridgehead atoms. The molecule has 76 valence electrons. The molecule has 0 radical (unpaired) electrons. The van der Waals surface area contributed by atoms with Gasteiger partial charge in [-0.2, -0.15) is 5.10 Å². The number of nitrogens with two attached hydrogens (primary N) is 1. The third-order valence-electron chi connectivity index (χ3n) is 1.44. The van der Waals surface area contributed by atoms with Crippen LogP contribution < -0.4 is 11.2 Å². The normalized spacial score (nSPS) is 14.5. The van der Waals surface area contributed by atoms with E-state index in [0.717, 1.165) is 6.42 Å². The van der Waals surface area contributed by atoms with Crippen molar-refractivity contribution in [2.24, 2.45) is 22.2 Å². The van der Waals surface area contributed by atoms with Crippen LogP contribution in [0.15, 0.2) is 5.10 Å². The molecule has 0 aromatic heterocycles. The van der Waals surface area contributed by atoms with E-state index in [1.165, 1.54) is 0 Å². The molecule has 0 heterocycles. The van der Waals surface area contributed by atoms with Crippen molar-refractivity contribution in [3.8, 4) is 0 Å². The number of hydrazone groups is 1. The van der Waals surface area contributed by atoms with Crippen LogP contribution in [0, 0.1) is 11.3 Å². The van der Waals surface area contributed by atoms with Crippen molar-refractivity contribution in [3.05, 3.63) is 0 Å². The minimum atomic E-state index is 0.208. The Bertz CT molecular complexity index is 194. The second-order valence-electron chi connectivity index (χ2n) is 4.50. The summed E-state index contributed by atoms with van der Waals surface area (Å²) in [5.41, 5.74) is 8.08. The average molecular weight is 201 g/mol. The molecule has 0 rings (SSSR count). The molecule has 1 unspecified atom stereocenters. The van der Waals surface area contributed by atoms with E-state index in [2.05, 4.69) is 50.4 Å². The average Bonchev–Trinajstić information content (AvgIpc) is 1.81. The van der Waals surface area contributed by atoms with Crippen molar-refractivity contribution < 1.29 is 0 Å². The molecule has 0 aromatic rings. The Morgan fingerprint density at radius 3 is 2.54 bits per heavy atom. The summed E-state index contributed by atoms with van der Waals surface area (Å²) in [5, 5.41) is 4.12. The van der Waals surface area contributed by atoms with Crippen LogP contribution in [0.3, 0.4) is 0 Å². The first kappa shape index (κ1) is 12.4. The van der Waals surface area contributed by atoms with Gasteiger partial charge in [0.05, 0.1) is 0 Å². The Morgan fingerprint density at radius 2 is 2.15 bits per heavy atom. The van der Waals surface area contributed by atoms with Crippen LogP contribution in [0.5, 0.6) is 0 Å². The van der Waals surface area contributed by atoms with Crippen LogP contribution in [0.2, 0.25) is 0 Å². The number of nitrogens with one attached hydrogen (secondary N) is 1. The van der Waals surface area contributed by atoms with E-state index in [-0.39, 0.29) is 5.11 Å². The quantitative estimate of drug-likeness (QED) is 0.416. The molecular formula is C9H19N3S. The standard InChI is InChI=1S/C9H19N3S/c1-7(5-9(2,3)4)6-11-12-8(10)13/h6-7H,5H2,1-4H3,(H3,10,12,13)/b11-6-. The molecule has 0 aliphatic heterocycles. The Balaban J connectivity index is 3.80. The SMILES string of the molecule is CC(/C=N\NC(N)=S)CC(C)(C)C. The molecule has 0 amide bonds. The summed E-state index contributed by atoms with van der Waals surface area (Å²) in [6, 6.07) is 0. The Labute approximate surface area is 85.8 Å². The van der Waals surface area contributed by atoms with Gasteiger partial charge < -0.3 is 5.73 Å².